The van der Waals surface area contributed by atoms with Crippen molar-refractivity contribution in [2.45, 2.75) is 37.3 Å². The van der Waals surface area contributed by atoms with Gasteiger partial charge in [0.15, 0.2) is 0 Å². The van der Waals surface area contributed by atoms with E-state index in [2.05, 4.69) is 22.3 Å². The molecule has 3 aromatic carbocycles. The van der Waals surface area contributed by atoms with Crippen LogP contribution in [-0.2, 0) is 4.79 Å². The average Bonchev–Trinajstić information content (AvgIpc) is 3.29. The van der Waals surface area contributed by atoms with Crippen molar-refractivity contribution >= 4 is 40.0 Å². The number of aromatic nitrogens is 2. The maximum atomic E-state index is 12.6. The number of benzene rings is 3. The van der Waals surface area contributed by atoms with Crippen LogP contribution in [0.1, 0.15) is 53.5 Å². The SMILES string of the molecule is O=C(CC(F)(F)F)N1CCC(c2[nH]nc3ccc(C(c4ccc(Cl)cc4)c4ccc(Cl)cc4)cc23)CC1. The second kappa shape index (κ2) is 10.4. The van der Waals surface area contributed by atoms with Crippen LogP contribution < -0.4 is 0 Å². The topological polar surface area (TPSA) is 49.0 Å². The van der Waals surface area contributed by atoms with Gasteiger partial charge in [-0.25, -0.2) is 0 Å². The normalized spacial score (nSPS) is 15.0. The van der Waals surface area contributed by atoms with Crippen LogP contribution >= 0.6 is 23.2 Å². The number of nitrogens with zero attached hydrogens (tertiary/aromatic N) is 2. The van der Waals surface area contributed by atoms with Crippen molar-refractivity contribution in [3.8, 4) is 0 Å². The quantitative estimate of drug-likeness (QED) is 0.261. The number of alkyl halides is 3. The number of likely N-dealkylation sites (tertiary alicyclic amines) is 1. The smallest absolute Gasteiger partial charge is 0.342 e. The molecule has 5 rings (SSSR count). The monoisotopic (exact) mass is 545 g/mol. The van der Waals surface area contributed by atoms with E-state index >= 15 is 0 Å². The van der Waals surface area contributed by atoms with Gasteiger partial charge in [-0.3, -0.25) is 9.89 Å². The highest BCUT2D eigenvalue weighted by Crippen LogP contribution is 2.37. The number of aromatic amines is 1. The lowest BCUT2D eigenvalue weighted by atomic mass is 9.84. The summed E-state index contributed by atoms with van der Waals surface area (Å²) in [6.45, 7) is 0.579. The van der Waals surface area contributed by atoms with E-state index in [4.69, 9.17) is 23.2 Å². The molecule has 4 aromatic rings. The summed E-state index contributed by atoms with van der Waals surface area (Å²) in [4.78, 5) is 13.3. The van der Waals surface area contributed by atoms with Crippen LogP contribution in [0, 0.1) is 0 Å². The zero-order valence-electron chi connectivity index (χ0n) is 19.7. The lowest BCUT2D eigenvalue weighted by Crippen LogP contribution is -2.39. The number of piperidine rings is 1. The number of nitrogens with one attached hydrogen (secondary N) is 1. The molecule has 0 saturated carbocycles. The molecule has 0 bridgehead atoms. The lowest BCUT2D eigenvalue weighted by Gasteiger charge is -2.32. The van der Waals surface area contributed by atoms with Crippen molar-refractivity contribution in [1.82, 2.24) is 15.1 Å². The molecule has 37 heavy (non-hydrogen) atoms. The summed E-state index contributed by atoms with van der Waals surface area (Å²) in [5.74, 6) is -0.861. The van der Waals surface area contributed by atoms with Crippen LogP contribution in [0.3, 0.4) is 0 Å². The summed E-state index contributed by atoms with van der Waals surface area (Å²) < 4.78 is 37.9. The van der Waals surface area contributed by atoms with Crippen molar-refractivity contribution in [3.05, 3.63) is 99.2 Å². The Labute approximate surface area is 222 Å². The molecular formula is C28H24Cl2F3N3O. The van der Waals surface area contributed by atoms with E-state index in [9.17, 15) is 18.0 Å². The molecule has 1 aliphatic rings. The minimum absolute atomic E-state index is 0.0662. The van der Waals surface area contributed by atoms with Crippen LogP contribution in [-0.4, -0.2) is 40.3 Å². The predicted molar refractivity (Wildman–Crippen MR) is 139 cm³/mol. The number of hydrogen-bond donors (Lipinski definition) is 1. The molecule has 4 nitrogen and oxygen atoms in total. The first-order chi connectivity index (χ1) is 17.7. The second-order valence-electron chi connectivity index (χ2n) is 9.40. The Morgan fingerprint density at radius 3 is 2.00 bits per heavy atom. The summed E-state index contributed by atoms with van der Waals surface area (Å²) in [6, 6.07) is 21.7. The average molecular weight is 546 g/mol. The number of H-pyrrole nitrogens is 1. The maximum absolute atomic E-state index is 12.6. The highest BCUT2D eigenvalue weighted by atomic mass is 35.5. The van der Waals surface area contributed by atoms with E-state index in [0.29, 0.717) is 22.9 Å². The molecule has 1 aliphatic heterocycles. The molecule has 1 amide bonds. The fraction of sp³-hybridized carbons (Fsp3) is 0.286. The minimum Gasteiger partial charge on any atom is -0.342 e. The summed E-state index contributed by atoms with van der Waals surface area (Å²) in [5.41, 5.74) is 4.99. The Bertz CT molecular complexity index is 1350. The first-order valence-corrected chi connectivity index (χ1v) is 12.8. The highest BCUT2D eigenvalue weighted by Gasteiger charge is 2.35. The number of carbonyl (C=O) groups excluding carboxylic acids is 1. The van der Waals surface area contributed by atoms with Crippen molar-refractivity contribution in [1.29, 1.82) is 0 Å². The molecule has 0 radical (unpaired) electrons. The first kappa shape index (κ1) is 25.6. The minimum atomic E-state index is -4.49. The zero-order valence-corrected chi connectivity index (χ0v) is 21.2. The van der Waals surface area contributed by atoms with E-state index in [-0.39, 0.29) is 24.9 Å². The number of halogens is 5. The number of fused-ring (bicyclic) bond motifs is 1. The van der Waals surface area contributed by atoms with Gasteiger partial charge in [0.25, 0.3) is 0 Å². The Hall–Kier alpha value is -3.03. The van der Waals surface area contributed by atoms with Crippen molar-refractivity contribution < 1.29 is 18.0 Å². The Morgan fingerprint density at radius 2 is 1.46 bits per heavy atom. The molecular weight excluding hydrogens is 522 g/mol. The van der Waals surface area contributed by atoms with Gasteiger partial charge < -0.3 is 4.90 Å². The van der Waals surface area contributed by atoms with E-state index in [1.54, 1.807) is 0 Å². The molecule has 0 unspecified atom stereocenters. The van der Waals surface area contributed by atoms with Crippen LogP contribution in [0.5, 0.6) is 0 Å². The van der Waals surface area contributed by atoms with Gasteiger partial charge >= 0.3 is 6.18 Å². The number of amides is 1. The van der Waals surface area contributed by atoms with E-state index in [1.807, 2.05) is 54.6 Å². The number of hydrogen-bond acceptors (Lipinski definition) is 2. The highest BCUT2D eigenvalue weighted by molar-refractivity contribution is 6.30. The number of rotatable bonds is 5. The zero-order chi connectivity index (χ0) is 26.2. The third kappa shape index (κ3) is 5.78. The fourth-order valence-electron chi connectivity index (χ4n) is 5.13. The van der Waals surface area contributed by atoms with E-state index < -0.39 is 18.5 Å². The Morgan fingerprint density at radius 1 is 0.919 bits per heavy atom. The van der Waals surface area contributed by atoms with Crippen LogP contribution in [0.15, 0.2) is 66.7 Å². The predicted octanol–water partition coefficient (Wildman–Crippen LogP) is 7.71. The van der Waals surface area contributed by atoms with Crippen molar-refractivity contribution in [2.24, 2.45) is 0 Å². The summed E-state index contributed by atoms with van der Waals surface area (Å²) >= 11 is 12.3. The number of carbonyl (C=O) groups is 1. The largest absolute Gasteiger partial charge is 0.397 e. The summed E-state index contributed by atoms with van der Waals surface area (Å²) in [7, 11) is 0. The Kier molecular flexibility index (Phi) is 7.19. The lowest BCUT2D eigenvalue weighted by molar-refractivity contribution is -0.162. The van der Waals surface area contributed by atoms with Gasteiger partial charge in [0.1, 0.15) is 6.42 Å². The molecule has 1 saturated heterocycles. The Balaban J connectivity index is 1.45. The van der Waals surface area contributed by atoms with Crippen LogP contribution in [0.25, 0.3) is 10.9 Å². The van der Waals surface area contributed by atoms with Crippen molar-refractivity contribution in [3.63, 3.8) is 0 Å². The third-order valence-electron chi connectivity index (χ3n) is 6.96. The summed E-state index contributed by atoms with van der Waals surface area (Å²) in [5, 5.41) is 9.93. The maximum Gasteiger partial charge on any atom is 0.397 e. The molecule has 1 fully saturated rings. The first-order valence-electron chi connectivity index (χ1n) is 12.0. The van der Waals surface area contributed by atoms with Gasteiger partial charge in [-0.2, -0.15) is 18.3 Å². The van der Waals surface area contributed by atoms with Gasteiger partial charge in [-0.05, 0) is 65.9 Å². The second-order valence-corrected chi connectivity index (χ2v) is 10.3. The molecule has 0 atom stereocenters. The van der Waals surface area contributed by atoms with Gasteiger partial charge in [-0.15, -0.1) is 0 Å². The standard InChI is InChI=1S/C28H24Cl2F3N3O/c29-21-6-1-17(2-7-21)26(18-3-8-22(30)9-4-18)20-5-10-24-23(15-20)27(35-34-24)19-11-13-36(14-12-19)25(37)16-28(31,32)33/h1-10,15,19,26H,11-14,16H2,(H,34,35). The van der Waals surface area contributed by atoms with E-state index in [0.717, 1.165) is 33.3 Å². The molecule has 0 aliphatic carbocycles. The molecule has 2 heterocycles. The van der Waals surface area contributed by atoms with Crippen LogP contribution in [0.2, 0.25) is 10.0 Å². The van der Waals surface area contributed by atoms with Crippen molar-refractivity contribution in [2.75, 3.05) is 13.1 Å². The summed E-state index contributed by atoms with van der Waals surface area (Å²) in [6.07, 6.45) is -4.76. The van der Waals surface area contributed by atoms with Gasteiger partial charge in [0, 0.05) is 46.1 Å². The molecule has 9 heteroatoms. The molecule has 0 spiro atoms. The molecule has 1 aromatic heterocycles. The van der Waals surface area contributed by atoms with Crippen LogP contribution in [0.4, 0.5) is 13.2 Å². The third-order valence-corrected chi connectivity index (χ3v) is 7.46. The van der Waals surface area contributed by atoms with Gasteiger partial charge in [-0.1, -0.05) is 53.5 Å². The van der Waals surface area contributed by atoms with Gasteiger partial charge in [0.05, 0.1) is 5.52 Å². The molecule has 1 N–H and O–H groups in total. The molecule has 192 valence electrons. The fourth-order valence-corrected chi connectivity index (χ4v) is 5.38. The van der Waals surface area contributed by atoms with Gasteiger partial charge in [0.2, 0.25) is 5.91 Å². The van der Waals surface area contributed by atoms with E-state index in [1.165, 1.54) is 4.90 Å².